The van der Waals surface area contributed by atoms with Crippen molar-refractivity contribution in [1.29, 1.82) is 0 Å². The standard InChI is InChI=1S/C16H31NO/c1-15(2)8-6-14(18)13(10-15)11-17-9-5-7-16(3,4)12-17/h13-14,18H,5-12H2,1-4H3. The van der Waals surface area contributed by atoms with Gasteiger partial charge < -0.3 is 10.0 Å². The van der Waals surface area contributed by atoms with Gasteiger partial charge in [-0.2, -0.15) is 0 Å². The van der Waals surface area contributed by atoms with Gasteiger partial charge in [-0.25, -0.2) is 0 Å². The summed E-state index contributed by atoms with van der Waals surface area (Å²) in [6, 6.07) is 0. The lowest BCUT2D eigenvalue weighted by Crippen LogP contribution is -2.46. The Morgan fingerprint density at radius 3 is 2.50 bits per heavy atom. The fourth-order valence-corrected chi connectivity index (χ4v) is 3.94. The molecule has 0 aromatic rings. The number of hydrogen-bond donors (Lipinski definition) is 1. The van der Waals surface area contributed by atoms with Crippen LogP contribution in [0.2, 0.25) is 0 Å². The minimum atomic E-state index is -0.0666. The van der Waals surface area contributed by atoms with Gasteiger partial charge in [0.05, 0.1) is 6.10 Å². The van der Waals surface area contributed by atoms with Crippen LogP contribution in [-0.2, 0) is 0 Å². The Labute approximate surface area is 113 Å². The number of likely N-dealkylation sites (tertiary alicyclic amines) is 1. The molecule has 0 radical (unpaired) electrons. The molecule has 1 heterocycles. The topological polar surface area (TPSA) is 23.5 Å². The van der Waals surface area contributed by atoms with Crippen LogP contribution < -0.4 is 0 Å². The summed E-state index contributed by atoms with van der Waals surface area (Å²) >= 11 is 0. The Hall–Kier alpha value is -0.0800. The summed E-state index contributed by atoms with van der Waals surface area (Å²) in [4.78, 5) is 2.60. The van der Waals surface area contributed by atoms with E-state index in [-0.39, 0.29) is 6.10 Å². The van der Waals surface area contributed by atoms with E-state index in [1.165, 1.54) is 38.8 Å². The predicted molar refractivity (Wildman–Crippen MR) is 76.6 cm³/mol. The Morgan fingerprint density at radius 2 is 1.83 bits per heavy atom. The van der Waals surface area contributed by atoms with Gasteiger partial charge in [0.15, 0.2) is 0 Å². The third-order valence-electron chi connectivity index (χ3n) is 4.95. The van der Waals surface area contributed by atoms with Crippen molar-refractivity contribution in [3.05, 3.63) is 0 Å². The van der Waals surface area contributed by atoms with Crippen LogP contribution in [0.4, 0.5) is 0 Å². The largest absolute Gasteiger partial charge is 0.393 e. The van der Waals surface area contributed by atoms with E-state index in [1.807, 2.05) is 0 Å². The van der Waals surface area contributed by atoms with Crippen molar-refractivity contribution in [3.8, 4) is 0 Å². The quantitative estimate of drug-likeness (QED) is 0.816. The summed E-state index contributed by atoms with van der Waals surface area (Å²) in [7, 11) is 0. The number of aliphatic hydroxyl groups is 1. The third-order valence-corrected chi connectivity index (χ3v) is 4.95. The Kier molecular flexibility index (Phi) is 4.08. The summed E-state index contributed by atoms with van der Waals surface area (Å²) in [5, 5.41) is 10.2. The zero-order valence-corrected chi connectivity index (χ0v) is 12.7. The van der Waals surface area contributed by atoms with Gasteiger partial charge in [0, 0.05) is 13.1 Å². The maximum Gasteiger partial charge on any atom is 0.0581 e. The molecule has 1 saturated heterocycles. The van der Waals surface area contributed by atoms with E-state index in [9.17, 15) is 5.11 Å². The first kappa shape index (κ1) is 14.3. The maximum absolute atomic E-state index is 10.2. The van der Waals surface area contributed by atoms with E-state index in [0.717, 1.165) is 13.0 Å². The minimum absolute atomic E-state index is 0.0666. The molecule has 18 heavy (non-hydrogen) atoms. The first-order valence-corrected chi connectivity index (χ1v) is 7.68. The molecular weight excluding hydrogens is 222 g/mol. The van der Waals surface area contributed by atoms with Crippen LogP contribution in [0.5, 0.6) is 0 Å². The Bertz CT molecular complexity index is 285. The maximum atomic E-state index is 10.2. The number of rotatable bonds is 2. The first-order valence-electron chi connectivity index (χ1n) is 7.68. The van der Waals surface area contributed by atoms with Crippen LogP contribution in [0.25, 0.3) is 0 Å². The van der Waals surface area contributed by atoms with Gasteiger partial charge in [-0.05, 0) is 55.4 Å². The molecule has 2 aliphatic rings. The lowest BCUT2D eigenvalue weighted by Gasteiger charge is -2.44. The molecule has 1 saturated carbocycles. The van der Waals surface area contributed by atoms with Gasteiger partial charge in [-0.1, -0.05) is 27.7 Å². The molecule has 0 aromatic heterocycles. The second-order valence-corrected chi connectivity index (χ2v) is 8.24. The zero-order valence-electron chi connectivity index (χ0n) is 12.7. The number of aliphatic hydroxyl groups excluding tert-OH is 1. The molecule has 0 spiro atoms. The van der Waals surface area contributed by atoms with Gasteiger partial charge in [0.1, 0.15) is 0 Å². The van der Waals surface area contributed by atoms with E-state index < -0.39 is 0 Å². The number of nitrogens with zero attached hydrogens (tertiary/aromatic N) is 1. The molecule has 106 valence electrons. The average Bonchev–Trinajstić information content (AvgIpc) is 2.22. The molecule has 2 atom stereocenters. The second-order valence-electron chi connectivity index (χ2n) is 8.24. The van der Waals surface area contributed by atoms with Crippen molar-refractivity contribution < 1.29 is 5.11 Å². The van der Waals surface area contributed by atoms with Gasteiger partial charge in [0.25, 0.3) is 0 Å². The molecule has 0 bridgehead atoms. The lowest BCUT2D eigenvalue weighted by atomic mass is 9.70. The normalized spacial score (nSPS) is 36.5. The molecule has 1 N–H and O–H groups in total. The predicted octanol–water partition coefficient (Wildman–Crippen LogP) is 3.30. The van der Waals surface area contributed by atoms with E-state index in [2.05, 4.69) is 32.6 Å². The van der Waals surface area contributed by atoms with Crippen molar-refractivity contribution in [2.24, 2.45) is 16.7 Å². The highest BCUT2D eigenvalue weighted by molar-refractivity contribution is 4.88. The van der Waals surface area contributed by atoms with Crippen LogP contribution in [0.1, 0.15) is 59.8 Å². The number of piperidine rings is 1. The third kappa shape index (κ3) is 3.71. The van der Waals surface area contributed by atoms with Crippen LogP contribution in [0.3, 0.4) is 0 Å². The summed E-state index contributed by atoms with van der Waals surface area (Å²) in [6.45, 7) is 13.0. The van der Waals surface area contributed by atoms with E-state index in [0.29, 0.717) is 16.7 Å². The van der Waals surface area contributed by atoms with Crippen LogP contribution in [-0.4, -0.2) is 35.7 Å². The summed E-state index contributed by atoms with van der Waals surface area (Å²) in [6.07, 6.45) is 5.96. The van der Waals surface area contributed by atoms with E-state index in [1.54, 1.807) is 0 Å². The zero-order chi connectivity index (χ0) is 13.4. The molecule has 2 rings (SSSR count). The van der Waals surface area contributed by atoms with Crippen LogP contribution in [0.15, 0.2) is 0 Å². The van der Waals surface area contributed by atoms with Crippen molar-refractivity contribution in [3.63, 3.8) is 0 Å². The smallest absolute Gasteiger partial charge is 0.0581 e. The minimum Gasteiger partial charge on any atom is -0.393 e. The Balaban J connectivity index is 1.91. The second kappa shape index (κ2) is 5.13. The average molecular weight is 253 g/mol. The SMILES string of the molecule is CC1(C)CCC(O)C(CN2CCCC(C)(C)C2)C1. The molecule has 0 aromatic carbocycles. The van der Waals surface area contributed by atoms with Gasteiger partial charge in [-0.3, -0.25) is 0 Å². The Morgan fingerprint density at radius 1 is 1.11 bits per heavy atom. The van der Waals surface area contributed by atoms with Crippen molar-refractivity contribution in [1.82, 2.24) is 4.90 Å². The highest BCUT2D eigenvalue weighted by Gasteiger charge is 2.36. The number of hydrogen-bond acceptors (Lipinski definition) is 2. The summed E-state index contributed by atoms with van der Waals surface area (Å²) in [5.41, 5.74) is 0.891. The molecule has 2 unspecified atom stereocenters. The molecule has 1 aliphatic heterocycles. The first-order chi connectivity index (χ1) is 8.27. The fourth-order valence-electron chi connectivity index (χ4n) is 3.94. The van der Waals surface area contributed by atoms with Gasteiger partial charge >= 0.3 is 0 Å². The molecule has 0 amide bonds. The van der Waals surface area contributed by atoms with Crippen molar-refractivity contribution in [2.45, 2.75) is 65.9 Å². The molecule has 1 aliphatic carbocycles. The van der Waals surface area contributed by atoms with Crippen molar-refractivity contribution >= 4 is 0 Å². The highest BCUT2D eigenvalue weighted by Crippen LogP contribution is 2.39. The van der Waals surface area contributed by atoms with Crippen molar-refractivity contribution in [2.75, 3.05) is 19.6 Å². The monoisotopic (exact) mass is 253 g/mol. The van der Waals surface area contributed by atoms with E-state index >= 15 is 0 Å². The van der Waals surface area contributed by atoms with Gasteiger partial charge in [0.2, 0.25) is 0 Å². The summed E-state index contributed by atoms with van der Waals surface area (Å²) in [5.74, 6) is 0.489. The molecular formula is C16H31NO. The van der Waals surface area contributed by atoms with Crippen LogP contribution in [0, 0.1) is 16.7 Å². The van der Waals surface area contributed by atoms with E-state index in [4.69, 9.17) is 0 Å². The lowest BCUT2D eigenvalue weighted by molar-refractivity contribution is -0.00791. The molecule has 2 nitrogen and oxygen atoms in total. The van der Waals surface area contributed by atoms with Gasteiger partial charge in [-0.15, -0.1) is 0 Å². The fraction of sp³-hybridized carbons (Fsp3) is 1.00. The van der Waals surface area contributed by atoms with Crippen LogP contribution >= 0.6 is 0 Å². The summed E-state index contributed by atoms with van der Waals surface area (Å²) < 4.78 is 0. The molecule has 2 fully saturated rings. The highest BCUT2D eigenvalue weighted by atomic mass is 16.3. The molecule has 2 heteroatoms.